The zero-order chi connectivity index (χ0) is 15.9. The van der Waals surface area contributed by atoms with Gasteiger partial charge in [0.15, 0.2) is 0 Å². The maximum absolute atomic E-state index is 11.9. The largest absolute Gasteiger partial charge is 0.457 e. The summed E-state index contributed by atoms with van der Waals surface area (Å²) < 4.78 is 5.71. The summed E-state index contributed by atoms with van der Waals surface area (Å²) in [7, 11) is 0. The van der Waals surface area contributed by atoms with Gasteiger partial charge in [0.1, 0.15) is 11.5 Å². The standard InChI is InChI=1S/C19H15NO2S/c21-19(11-6-15-12-13-23-14-15)20-16-7-9-18(10-8-16)22-17-4-2-1-3-5-17/h1-14H,(H,20,21)/b11-6+. The van der Waals surface area contributed by atoms with Crippen LogP contribution in [0.1, 0.15) is 5.56 Å². The number of para-hydroxylation sites is 1. The molecule has 1 heterocycles. The zero-order valence-corrected chi connectivity index (χ0v) is 13.1. The van der Waals surface area contributed by atoms with Gasteiger partial charge in [-0.15, -0.1) is 0 Å². The van der Waals surface area contributed by atoms with Crippen LogP contribution < -0.4 is 10.1 Å². The first-order valence-electron chi connectivity index (χ1n) is 7.14. The molecule has 0 bridgehead atoms. The molecule has 0 fully saturated rings. The predicted octanol–water partition coefficient (Wildman–Crippen LogP) is 5.19. The van der Waals surface area contributed by atoms with Crippen LogP contribution in [0.3, 0.4) is 0 Å². The van der Waals surface area contributed by atoms with Crippen LogP contribution in [-0.4, -0.2) is 5.91 Å². The van der Waals surface area contributed by atoms with Crippen LogP contribution in [0.5, 0.6) is 11.5 Å². The number of amides is 1. The monoisotopic (exact) mass is 321 g/mol. The van der Waals surface area contributed by atoms with Crippen molar-refractivity contribution >= 4 is 29.0 Å². The molecular formula is C19H15NO2S. The van der Waals surface area contributed by atoms with Crippen LogP contribution in [-0.2, 0) is 4.79 Å². The van der Waals surface area contributed by atoms with Crippen molar-refractivity contribution in [2.24, 2.45) is 0 Å². The number of nitrogens with one attached hydrogen (secondary N) is 1. The number of carbonyl (C=O) groups is 1. The highest BCUT2D eigenvalue weighted by atomic mass is 32.1. The molecule has 114 valence electrons. The Hall–Kier alpha value is -2.85. The molecule has 0 atom stereocenters. The lowest BCUT2D eigenvalue weighted by atomic mass is 10.2. The Bertz CT molecular complexity index is 778. The third-order valence-electron chi connectivity index (χ3n) is 3.07. The maximum atomic E-state index is 11.9. The van der Waals surface area contributed by atoms with E-state index in [1.54, 1.807) is 17.4 Å². The van der Waals surface area contributed by atoms with Crippen LogP contribution >= 0.6 is 11.3 Å². The topological polar surface area (TPSA) is 38.3 Å². The lowest BCUT2D eigenvalue weighted by Crippen LogP contribution is -2.07. The fraction of sp³-hybridized carbons (Fsp3) is 0. The molecule has 0 saturated carbocycles. The van der Waals surface area contributed by atoms with Gasteiger partial charge in [-0.05, 0) is 64.9 Å². The Morgan fingerprint density at radius 1 is 0.957 bits per heavy atom. The fourth-order valence-corrected chi connectivity index (χ4v) is 2.59. The van der Waals surface area contributed by atoms with Crippen molar-refractivity contribution in [3.63, 3.8) is 0 Å². The van der Waals surface area contributed by atoms with Crippen LogP contribution in [0, 0.1) is 0 Å². The van der Waals surface area contributed by atoms with Gasteiger partial charge in [-0.1, -0.05) is 18.2 Å². The molecule has 0 aliphatic heterocycles. The SMILES string of the molecule is O=C(/C=C/c1ccsc1)Nc1ccc(Oc2ccccc2)cc1. The molecule has 0 radical (unpaired) electrons. The summed E-state index contributed by atoms with van der Waals surface area (Å²) >= 11 is 1.60. The van der Waals surface area contributed by atoms with Gasteiger partial charge in [0.2, 0.25) is 5.91 Å². The molecule has 4 heteroatoms. The summed E-state index contributed by atoms with van der Waals surface area (Å²) in [6.45, 7) is 0. The first-order chi connectivity index (χ1) is 11.3. The van der Waals surface area contributed by atoms with Crippen LogP contribution in [0.25, 0.3) is 6.08 Å². The minimum atomic E-state index is -0.159. The molecule has 3 rings (SSSR count). The van der Waals surface area contributed by atoms with Crippen LogP contribution in [0.2, 0.25) is 0 Å². The van der Waals surface area contributed by atoms with Crippen LogP contribution in [0.15, 0.2) is 77.5 Å². The van der Waals surface area contributed by atoms with E-state index in [1.807, 2.05) is 71.4 Å². The van der Waals surface area contributed by atoms with E-state index in [-0.39, 0.29) is 5.91 Å². The van der Waals surface area contributed by atoms with Gasteiger partial charge in [0.25, 0.3) is 0 Å². The van der Waals surface area contributed by atoms with Crippen molar-refractivity contribution in [3.05, 3.63) is 83.1 Å². The zero-order valence-electron chi connectivity index (χ0n) is 12.3. The quantitative estimate of drug-likeness (QED) is 0.657. The normalized spacial score (nSPS) is 10.6. The summed E-state index contributed by atoms with van der Waals surface area (Å²) in [4.78, 5) is 11.9. The molecule has 0 spiro atoms. The number of rotatable bonds is 5. The molecule has 1 aromatic heterocycles. The smallest absolute Gasteiger partial charge is 0.248 e. The molecule has 3 aromatic rings. The molecular weight excluding hydrogens is 306 g/mol. The number of ether oxygens (including phenoxy) is 1. The van der Waals surface area contributed by atoms with E-state index >= 15 is 0 Å². The third kappa shape index (κ3) is 4.56. The highest BCUT2D eigenvalue weighted by Gasteiger charge is 2.00. The van der Waals surface area contributed by atoms with E-state index in [4.69, 9.17) is 4.74 Å². The van der Waals surface area contributed by atoms with Gasteiger partial charge in [0.05, 0.1) is 0 Å². The second kappa shape index (κ2) is 7.42. The number of hydrogen-bond donors (Lipinski definition) is 1. The van der Waals surface area contributed by atoms with Crippen molar-refractivity contribution in [3.8, 4) is 11.5 Å². The van der Waals surface area contributed by atoms with Crippen molar-refractivity contribution in [1.82, 2.24) is 0 Å². The summed E-state index contributed by atoms with van der Waals surface area (Å²) in [6.07, 6.45) is 3.31. The second-order valence-corrected chi connectivity index (χ2v) is 5.60. The number of carbonyl (C=O) groups excluding carboxylic acids is 1. The first kappa shape index (κ1) is 15.1. The summed E-state index contributed by atoms with van der Waals surface area (Å²) in [5.74, 6) is 1.35. The Balaban J connectivity index is 1.58. The lowest BCUT2D eigenvalue weighted by Gasteiger charge is -2.07. The summed E-state index contributed by atoms with van der Waals surface area (Å²) in [5.41, 5.74) is 1.75. The van der Waals surface area contributed by atoms with Crippen molar-refractivity contribution in [2.45, 2.75) is 0 Å². The van der Waals surface area contributed by atoms with Crippen molar-refractivity contribution in [1.29, 1.82) is 0 Å². The maximum Gasteiger partial charge on any atom is 0.248 e. The average Bonchev–Trinajstić information content (AvgIpc) is 3.09. The molecule has 23 heavy (non-hydrogen) atoms. The van der Waals surface area contributed by atoms with Gasteiger partial charge in [0, 0.05) is 11.8 Å². The Kier molecular flexibility index (Phi) is 4.86. The first-order valence-corrected chi connectivity index (χ1v) is 8.08. The van der Waals surface area contributed by atoms with Gasteiger partial charge in [-0.2, -0.15) is 11.3 Å². The summed E-state index contributed by atoms with van der Waals surface area (Å²) in [5, 5.41) is 6.78. The number of anilines is 1. The average molecular weight is 321 g/mol. The Labute approximate surface area is 138 Å². The van der Waals surface area contributed by atoms with Gasteiger partial charge in [-0.3, -0.25) is 4.79 Å². The molecule has 1 N–H and O–H groups in total. The number of benzene rings is 2. The lowest BCUT2D eigenvalue weighted by molar-refractivity contribution is -0.111. The molecule has 1 amide bonds. The minimum Gasteiger partial charge on any atom is -0.457 e. The van der Waals surface area contributed by atoms with Crippen LogP contribution in [0.4, 0.5) is 5.69 Å². The highest BCUT2D eigenvalue weighted by Crippen LogP contribution is 2.22. The summed E-state index contributed by atoms with van der Waals surface area (Å²) in [6, 6.07) is 18.8. The van der Waals surface area contributed by atoms with Gasteiger partial charge >= 0.3 is 0 Å². The van der Waals surface area contributed by atoms with E-state index in [0.29, 0.717) is 0 Å². The van der Waals surface area contributed by atoms with Crippen molar-refractivity contribution in [2.75, 3.05) is 5.32 Å². The third-order valence-corrected chi connectivity index (χ3v) is 3.77. The van der Waals surface area contributed by atoms with E-state index in [0.717, 1.165) is 22.7 Å². The van der Waals surface area contributed by atoms with E-state index in [1.165, 1.54) is 6.08 Å². The highest BCUT2D eigenvalue weighted by molar-refractivity contribution is 7.08. The molecule has 3 nitrogen and oxygen atoms in total. The van der Waals surface area contributed by atoms with E-state index in [9.17, 15) is 4.79 Å². The van der Waals surface area contributed by atoms with Gasteiger partial charge < -0.3 is 10.1 Å². The molecule has 0 unspecified atom stereocenters. The fourth-order valence-electron chi connectivity index (χ4n) is 1.96. The molecule has 0 saturated heterocycles. The Morgan fingerprint density at radius 3 is 2.39 bits per heavy atom. The predicted molar refractivity (Wildman–Crippen MR) is 94.9 cm³/mol. The van der Waals surface area contributed by atoms with E-state index < -0.39 is 0 Å². The minimum absolute atomic E-state index is 0.159. The molecule has 2 aromatic carbocycles. The molecule has 0 aliphatic rings. The van der Waals surface area contributed by atoms with E-state index in [2.05, 4.69) is 5.32 Å². The number of thiophene rings is 1. The number of hydrogen-bond acceptors (Lipinski definition) is 3. The Morgan fingerprint density at radius 2 is 1.70 bits per heavy atom. The molecule has 0 aliphatic carbocycles. The van der Waals surface area contributed by atoms with Crippen molar-refractivity contribution < 1.29 is 9.53 Å². The second-order valence-electron chi connectivity index (χ2n) is 4.82. The van der Waals surface area contributed by atoms with Gasteiger partial charge in [-0.25, -0.2) is 0 Å².